The normalized spacial score (nSPS) is 19.0. The van der Waals surface area contributed by atoms with Crippen LogP contribution >= 0.6 is 11.3 Å². The van der Waals surface area contributed by atoms with Gasteiger partial charge < -0.3 is 20.2 Å². The molecule has 0 radical (unpaired) electrons. The van der Waals surface area contributed by atoms with Gasteiger partial charge in [-0.15, -0.1) is 11.3 Å². The number of urea groups is 1. The van der Waals surface area contributed by atoms with Crippen molar-refractivity contribution in [1.29, 1.82) is 0 Å². The summed E-state index contributed by atoms with van der Waals surface area (Å²) >= 11 is 1.32. The van der Waals surface area contributed by atoms with E-state index in [4.69, 9.17) is 0 Å². The van der Waals surface area contributed by atoms with Gasteiger partial charge in [0.1, 0.15) is 16.8 Å². The first kappa shape index (κ1) is 26.7. The van der Waals surface area contributed by atoms with Crippen molar-refractivity contribution in [3.63, 3.8) is 0 Å². The van der Waals surface area contributed by atoms with Crippen LogP contribution in [-0.4, -0.2) is 58.6 Å². The molecule has 0 saturated carbocycles. The molecule has 39 heavy (non-hydrogen) atoms. The van der Waals surface area contributed by atoms with Crippen molar-refractivity contribution in [2.45, 2.75) is 45.8 Å². The topological polar surface area (TPSA) is 93.2 Å². The summed E-state index contributed by atoms with van der Waals surface area (Å²) in [7, 11) is 0. The Morgan fingerprint density at radius 3 is 2.46 bits per heavy atom. The first-order chi connectivity index (χ1) is 18.9. The van der Waals surface area contributed by atoms with Gasteiger partial charge in [-0.3, -0.25) is 14.5 Å². The number of hydrogen-bond acceptors (Lipinski definition) is 5. The predicted molar refractivity (Wildman–Crippen MR) is 152 cm³/mol. The van der Waals surface area contributed by atoms with Crippen LogP contribution in [0.1, 0.15) is 46.1 Å². The number of carbonyl (C=O) groups is 3. The molecular weight excluding hydrogens is 512 g/mol. The zero-order valence-corrected chi connectivity index (χ0v) is 23.1. The van der Waals surface area contributed by atoms with E-state index >= 15 is 0 Å². The molecule has 3 heterocycles. The summed E-state index contributed by atoms with van der Waals surface area (Å²) in [6.07, 6.45) is 1.59. The lowest BCUT2D eigenvalue weighted by atomic mass is 9.97. The van der Waals surface area contributed by atoms with Crippen molar-refractivity contribution in [1.82, 2.24) is 15.1 Å². The molecule has 1 aromatic heterocycles. The summed E-state index contributed by atoms with van der Waals surface area (Å²) in [6.45, 7) is 5.49. The number of phenols is 1. The van der Waals surface area contributed by atoms with Gasteiger partial charge in [-0.1, -0.05) is 55.3 Å². The Labute approximate surface area is 232 Å². The molecule has 2 aliphatic rings. The molecule has 3 aromatic rings. The van der Waals surface area contributed by atoms with Crippen molar-refractivity contribution in [2.75, 3.05) is 24.5 Å². The lowest BCUT2D eigenvalue weighted by molar-refractivity contribution is -0.134. The van der Waals surface area contributed by atoms with Gasteiger partial charge in [0, 0.05) is 19.6 Å². The molecular formula is C30H34N4O4S. The Morgan fingerprint density at radius 2 is 1.74 bits per heavy atom. The third-order valence-electron chi connectivity index (χ3n) is 7.46. The van der Waals surface area contributed by atoms with Gasteiger partial charge in [-0.05, 0) is 54.5 Å². The summed E-state index contributed by atoms with van der Waals surface area (Å²) in [5, 5.41) is 14.6. The molecule has 1 fully saturated rings. The monoisotopic (exact) mass is 546 g/mol. The fraction of sp³-hybridized carbons (Fsp3) is 0.367. The molecule has 204 valence electrons. The van der Waals surface area contributed by atoms with Gasteiger partial charge in [0.2, 0.25) is 5.91 Å². The van der Waals surface area contributed by atoms with Crippen LogP contribution < -0.4 is 10.2 Å². The fourth-order valence-corrected chi connectivity index (χ4v) is 6.13. The second-order valence-corrected chi connectivity index (χ2v) is 11.2. The SMILES string of the molecule is CCCCN1CC2N(C[C@@H](Cc3ccc(O)cc3)C1=O)C(=O)c1sccc1N2C(=O)NCc1ccc(C)cc1. The molecule has 0 spiro atoms. The van der Waals surface area contributed by atoms with E-state index in [-0.39, 0.29) is 36.7 Å². The van der Waals surface area contributed by atoms with Crippen molar-refractivity contribution in [3.8, 4) is 5.75 Å². The maximum Gasteiger partial charge on any atom is 0.323 e. The number of carbonyl (C=O) groups excluding carboxylic acids is 3. The lowest BCUT2D eigenvalue weighted by Crippen LogP contribution is -2.61. The predicted octanol–water partition coefficient (Wildman–Crippen LogP) is 4.76. The van der Waals surface area contributed by atoms with E-state index in [2.05, 4.69) is 12.2 Å². The van der Waals surface area contributed by atoms with Crippen molar-refractivity contribution >= 4 is 34.9 Å². The molecule has 0 bridgehead atoms. The Morgan fingerprint density at radius 1 is 1.03 bits per heavy atom. The molecule has 2 aromatic carbocycles. The van der Waals surface area contributed by atoms with Crippen molar-refractivity contribution < 1.29 is 19.5 Å². The largest absolute Gasteiger partial charge is 0.508 e. The summed E-state index contributed by atoms with van der Waals surface area (Å²) in [6, 6.07) is 16.4. The Kier molecular flexibility index (Phi) is 7.88. The zero-order valence-electron chi connectivity index (χ0n) is 22.3. The number of nitrogens with zero attached hydrogens (tertiary/aromatic N) is 3. The van der Waals surface area contributed by atoms with E-state index in [0.717, 1.165) is 29.5 Å². The standard InChI is InChI=1S/C30H34N4O4S/c1-3-4-14-32-19-26-33(18-23(28(32)36)16-21-9-11-24(35)12-10-21)29(37)27-25(13-15-39-27)34(26)30(38)31-17-22-7-5-20(2)6-8-22/h5-13,15,23,26,35H,3-4,14,16-19H2,1-2H3,(H,31,38)/t23-,26?/m1/s1. The number of aryl methyl sites for hydroxylation is 1. The maximum absolute atomic E-state index is 13.8. The van der Waals surface area contributed by atoms with Crippen molar-refractivity contribution in [2.24, 2.45) is 5.92 Å². The number of rotatable bonds is 7. The van der Waals surface area contributed by atoms with Gasteiger partial charge in [0.25, 0.3) is 5.91 Å². The van der Waals surface area contributed by atoms with Gasteiger partial charge >= 0.3 is 6.03 Å². The van der Waals surface area contributed by atoms with Gasteiger partial charge in [0.05, 0.1) is 18.2 Å². The fourth-order valence-electron chi connectivity index (χ4n) is 5.30. The number of nitrogens with one attached hydrogen (secondary N) is 1. The number of hydrogen-bond donors (Lipinski definition) is 2. The Bertz CT molecular complexity index is 1340. The number of anilines is 1. The van der Waals surface area contributed by atoms with E-state index in [1.165, 1.54) is 11.3 Å². The van der Waals surface area contributed by atoms with E-state index in [9.17, 15) is 19.5 Å². The molecule has 0 aliphatic carbocycles. The maximum atomic E-state index is 13.8. The molecule has 4 amide bonds. The lowest BCUT2D eigenvalue weighted by Gasteiger charge is -2.43. The highest BCUT2D eigenvalue weighted by Crippen LogP contribution is 2.37. The third-order valence-corrected chi connectivity index (χ3v) is 8.35. The number of aromatic hydroxyl groups is 1. The second kappa shape index (κ2) is 11.5. The van der Waals surface area contributed by atoms with Crippen LogP contribution in [0.15, 0.2) is 60.0 Å². The van der Waals surface area contributed by atoms with Gasteiger partial charge in [-0.25, -0.2) is 4.79 Å². The Hall–Kier alpha value is -3.85. The minimum absolute atomic E-state index is 0.0120. The number of thiophene rings is 1. The van der Waals surface area contributed by atoms with Crippen LogP contribution in [0, 0.1) is 12.8 Å². The minimum atomic E-state index is -0.608. The number of benzene rings is 2. The average molecular weight is 547 g/mol. The molecule has 2 atom stereocenters. The molecule has 2 aliphatic heterocycles. The molecule has 8 nitrogen and oxygen atoms in total. The molecule has 1 saturated heterocycles. The molecule has 5 rings (SSSR count). The highest BCUT2D eigenvalue weighted by molar-refractivity contribution is 7.12. The third kappa shape index (κ3) is 5.63. The van der Waals surface area contributed by atoms with Crippen LogP contribution in [0.4, 0.5) is 10.5 Å². The molecule has 1 unspecified atom stereocenters. The summed E-state index contributed by atoms with van der Waals surface area (Å²) < 4.78 is 0. The summed E-state index contributed by atoms with van der Waals surface area (Å²) in [5.74, 6) is -0.450. The van der Waals surface area contributed by atoms with Crippen LogP contribution in [0.5, 0.6) is 5.75 Å². The van der Waals surface area contributed by atoms with Gasteiger partial charge in [0.15, 0.2) is 0 Å². The Balaban J connectivity index is 1.46. The smallest absolute Gasteiger partial charge is 0.323 e. The van der Waals surface area contributed by atoms with Crippen LogP contribution in [0.3, 0.4) is 0 Å². The van der Waals surface area contributed by atoms with Crippen molar-refractivity contribution in [3.05, 3.63) is 81.5 Å². The van der Waals surface area contributed by atoms with Crippen LogP contribution in [0.2, 0.25) is 0 Å². The van der Waals surface area contributed by atoms with Crippen LogP contribution in [-0.2, 0) is 17.8 Å². The second-order valence-electron chi connectivity index (χ2n) is 10.3. The molecule has 2 N–H and O–H groups in total. The highest BCUT2D eigenvalue weighted by atomic mass is 32.1. The highest BCUT2D eigenvalue weighted by Gasteiger charge is 2.46. The molecule has 9 heteroatoms. The summed E-state index contributed by atoms with van der Waals surface area (Å²) in [5.41, 5.74) is 3.64. The quantitative estimate of drug-likeness (QED) is 0.447. The first-order valence-electron chi connectivity index (χ1n) is 13.4. The minimum Gasteiger partial charge on any atom is -0.508 e. The summed E-state index contributed by atoms with van der Waals surface area (Å²) in [4.78, 5) is 47.0. The number of amides is 4. The zero-order chi connectivity index (χ0) is 27.5. The number of fused-ring (bicyclic) bond motifs is 2. The van der Waals surface area contributed by atoms with E-state index in [1.54, 1.807) is 21.9 Å². The number of unbranched alkanes of at least 4 members (excludes halogenated alkanes) is 1. The first-order valence-corrected chi connectivity index (χ1v) is 14.3. The number of phenolic OH excluding ortho intramolecular Hbond substituents is 1. The van der Waals surface area contributed by atoms with E-state index in [0.29, 0.717) is 30.1 Å². The van der Waals surface area contributed by atoms with Crippen LogP contribution in [0.25, 0.3) is 0 Å². The van der Waals surface area contributed by atoms with Gasteiger partial charge in [-0.2, -0.15) is 0 Å². The van der Waals surface area contributed by atoms with E-state index < -0.39 is 12.1 Å². The van der Waals surface area contributed by atoms with E-state index in [1.807, 2.05) is 59.7 Å². The average Bonchev–Trinajstić information content (AvgIpc) is 3.37.